The van der Waals surface area contributed by atoms with Crippen molar-refractivity contribution in [1.29, 1.82) is 0 Å². The SMILES string of the molecule is COc1ccc(CN2CC(C(=O)Nc3ccc(C)cc3)CC2=O)cc1OC. The molecule has 1 fully saturated rings. The van der Waals surface area contributed by atoms with Gasteiger partial charge in [-0.3, -0.25) is 9.59 Å². The summed E-state index contributed by atoms with van der Waals surface area (Å²) in [5.74, 6) is 0.773. The molecule has 27 heavy (non-hydrogen) atoms. The molecule has 2 aromatic carbocycles. The Kier molecular flexibility index (Phi) is 5.64. The van der Waals surface area contributed by atoms with Crippen LogP contribution in [-0.2, 0) is 16.1 Å². The molecule has 6 nitrogen and oxygen atoms in total. The molecule has 0 saturated carbocycles. The van der Waals surface area contributed by atoms with Crippen LogP contribution in [0.5, 0.6) is 11.5 Å². The van der Waals surface area contributed by atoms with E-state index in [1.807, 2.05) is 49.4 Å². The molecular formula is C21H24N2O4. The van der Waals surface area contributed by atoms with E-state index in [1.165, 1.54) is 0 Å². The van der Waals surface area contributed by atoms with E-state index in [4.69, 9.17) is 9.47 Å². The summed E-state index contributed by atoms with van der Waals surface area (Å²) in [6.07, 6.45) is 0.227. The summed E-state index contributed by atoms with van der Waals surface area (Å²) in [7, 11) is 3.16. The number of likely N-dealkylation sites (tertiary alicyclic amines) is 1. The average molecular weight is 368 g/mol. The minimum absolute atomic E-state index is 0.0196. The maximum Gasteiger partial charge on any atom is 0.229 e. The van der Waals surface area contributed by atoms with Gasteiger partial charge in [-0.2, -0.15) is 0 Å². The fraction of sp³-hybridized carbons (Fsp3) is 0.333. The van der Waals surface area contributed by atoms with Gasteiger partial charge in [0.25, 0.3) is 0 Å². The van der Waals surface area contributed by atoms with Gasteiger partial charge in [0.1, 0.15) is 0 Å². The summed E-state index contributed by atoms with van der Waals surface area (Å²) >= 11 is 0. The van der Waals surface area contributed by atoms with Gasteiger partial charge in [-0.15, -0.1) is 0 Å². The molecule has 1 unspecified atom stereocenters. The largest absolute Gasteiger partial charge is 0.493 e. The van der Waals surface area contributed by atoms with Crippen LogP contribution in [0, 0.1) is 12.8 Å². The van der Waals surface area contributed by atoms with Gasteiger partial charge in [-0.25, -0.2) is 0 Å². The van der Waals surface area contributed by atoms with Crippen molar-refractivity contribution in [1.82, 2.24) is 4.90 Å². The van der Waals surface area contributed by atoms with Gasteiger partial charge in [-0.1, -0.05) is 23.8 Å². The Balaban J connectivity index is 1.63. The van der Waals surface area contributed by atoms with Crippen LogP contribution >= 0.6 is 0 Å². The smallest absolute Gasteiger partial charge is 0.229 e. The number of hydrogen-bond donors (Lipinski definition) is 1. The highest BCUT2D eigenvalue weighted by Crippen LogP contribution is 2.29. The summed E-state index contributed by atoms with van der Waals surface area (Å²) in [5.41, 5.74) is 2.81. The van der Waals surface area contributed by atoms with Crippen LogP contribution < -0.4 is 14.8 Å². The fourth-order valence-electron chi connectivity index (χ4n) is 3.18. The molecule has 1 aliphatic heterocycles. The molecule has 2 amide bonds. The quantitative estimate of drug-likeness (QED) is 0.851. The van der Waals surface area contributed by atoms with E-state index in [1.54, 1.807) is 19.1 Å². The standard InChI is InChI=1S/C21H24N2O4/c1-14-4-7-17(8-5-14)22-21(25)16-11-20(24)23(13-16)12-15-6-9-18(26-2)19(10-15)27-3/h4-10,16H,11-13H2,1-3H3,(H,22,25). The van der Waals surface area contributed by atoms with Crippen molar-refractivity contribution in [2.24, 2.45) is 5.92 Å². The van der Waals surface area contributed by atoms with Crippen LogP contribution in [0.3, 0.4) is 0 Å². The lowest BCUT2D eigenvalue weighted by Gasteiger charge is -2.18. The van der Waals surface area contributed by atoms with Crippen molar-refractivity contribution < 1.29 is 19.1 Å². The van der Waals surface area contributed by atoms with E-state index in [0.717, 1.165) is 16.8 Å². The maximum absolute atomic E-state index is 12.5. The Labute approximate surface area is 159 Å². The number of ether oxygens (including phenoxy) is 2. The number of carbonyl (C=O) groups excluding carboxylic acids is 2. The van der Waals surface area contributed by atoms with Gasteiger partial charge in [0.2, 0.25) is 11.8 Å². The van der Waals surface area contributed by atoms with Crippen LogP contribution in [0.25, 0.3) is 0 Å². The van der Waals surface area contributed by atoms with E-state index >= 15 is 0 Å². The molecule has 1 aliphatic rings. The molecule has 3 rings (SSSR count). The molecule has 2 aromatic rings. The lowest BCUT2D eigenvalue weighted by atomic mass is 10.1. The van der Waals surface area contributed by atoms with E-state index < -0.39 is 0 Å². The molecule has 1 heterocycles. The first kappa shape index (κ1) is 18.8. The van der Waals surface area contributed by atoms with Crippen molar-refractivity contribution in [3.8, 4) is 11.5 Å². The van der Waals surface area contributed by atoms with Crippen LogP contribution in [-0.4, -0.2) is 37.5 Å². The monoisotopic (exact) mass is 368 g/mol. The number of nitrogens with zero attached hydrogens (tertiary/aromatic N) is 1. The zero-order valence-corrected chi connectivity index (χ0v) is 15.8. The molecule has 0 aliphatic carbocycles. The number of hydrogen-bond acceptors (Lipinski definition) is 4. The van der Waals surface area contributed by atoms with Gasteiger partial charge in [0.05, 0.1) is 20.1 Å². The Morgan fingerprint density at radius 1 is 1.11 bits per heavy atom. The van der Waals surface area contributed by atoms with E-state index in [9.17, 15) is 9.59 Å². The normalized spacial score (nSPS) is 16.3. The molecular weight excluding hydrogens is 344 g/mol. The number of benzene rings is 2. The molecule has 6 heteroatoms. The second-order valence-electron chi connectivity index (χ2n) is 6.72. The second-order valence-corrected chi connectivity index (χ2v) is 6.72. The molecule has 1 saturated heterocycles. The van der Waals surface area contributed by atoms with Gasteiger partial charge >= 0.3 is 0 Å². The topological polar surface area (TPSA) is 67.9 Å². The zero-order valence-electron chi connectivity index (χ0n) is 15.8. The number of amides is 2. The van der Waals surface area contributed by atoms with Gasteiger partial charge in [0, 0.05) is 25.2 Å². The Hall–Kier alpha value is -3.02. The van der Waals surface area contributed by atoms with Crippen molar-refractivity contribution in [3.05, 3.63) is 53.6 Å². The number of aryl methyl sites for hydroxylation is 1. The summed E-state index contributed by atoms with van der Waals surface area (Å²) in [6.45, 7) is 2.84. The first-order chi connectivity index (χ1) is 13.0. The van der Waals surface area contributed by atoms with E-state index in [0.29, 0.717) is 24.6 Å². The summed E-state index contributed by atoms with van der Waals surface area (Å²) < 4.78 is 10.5. The molecule has 1 atom stereocenters. The maximum atomic E-state index is 12.5. The average Bonchev–Trinajstić information content (AvgIpc) is 3.04. The van der Waals surface area contributed by atoms with E-state index in [-0.39, 0.29) is 24.2 Å². The third-order valence-electron chi connectivity index (χ3n) is 4.73. The molecule has 0 bridgehead atoms. The highest BCUT2D eigenvalue weighted by molar-refractivity contribution is 5.97. The third-order valence-corrected chi connectivity index (χ3v) is 4.73. The highest BCUT2D eigenvalue weighted by atomic mass is 16.5. The van der Waals surface area contributed by atoms with Crippen LogP contribution in [0.4, 0.5) is 5.69 Å². The minimum atomic E-state index is -0.348. The molecule has 0 radical (unpaired) electrons. The fourth-order valence-corrected chi connectivity index (χ4v) is 3.18. The van der Waals surface area contributed by atoms with Gasteiger partial charge < -0.3 is 19.7 Å². The summed E-state index contributed by atoms with van der Waals surface area (Å²) in [6, 6.07) is 13.2. The van der Waals surface area contributed by atoms with Crippen molar-refractivity contribution >= 4 is 17.5 Å². The van der Waals surface area contributed by atoms with Crippen LogP contribution in [0.1, 0.15) is 17.5 Å². The lowest BCUT2D eigenvalue weighted by Crippen LogP contribution is -2.28. The molecule has 0 aromatic heterocycles. The van der Waals surface area contributed by atoms with Crippen LogP contribution in [0.2, 0.25) is 0 Å². The summed E-state index contributed by atoms with van der Waals surface area (Å²) in [4.78, 5) is 26.6. The zero-order chi connectivity index (χ0) is 19.4. The predicted molar refractivity (Wildman–Crippen MR) is 103 cm³/mol. The first-order valence-electron chi connectivity index (χ1n) is 8.86. The number of methoxy groups -OCH3 is 2. The van der Waals surface area contributed by atoms with Crippen molar-refractivity contribution in [2.45, 2.75) is 19.9 Å². The van der Waals surface area contributed by atoms with E-state index in [2.05, 4.69) is 5.32 Å². The first-order valence-corrected chi connectivity index (χ1v) is 8.86. The third kappa shape index (κ3) is 4.39. The Morgan fingerprint density at radius 2 is 1.81 bits per heavy atom. The lowest BCUT2D eigenvalue weighted by molar-refractivity contribution is -0.128. The molecule has 1 N–H and O–H groups in total. The number of anilines is 1. The van der Waals surface area contributed by atoms with Crippen molar-refractivity contribution in [2.75, 3.05) is 26.1 Å². The molecule has 0 spiro atoms. The van der Waals surface area contributed by atoms with Crippen LogP contribution in [0.15, 0.2) is 42.5 Å². The highest BCUT2D eigenvalue weighted by Gasteiger charge is 2.34. The predicted octanol–water partition coefficient (Wildman–Crippen LogP) is 3.00. The second kappa shape index (κ2) is 8.12. The van der Waals surface area contributed by atoms with Gasteiger partial charge in [0.15, 0.2) is 11.5 Å². The van der Waals surface area contributed by atoms with Crippen molar-refractivity contribution in [3.63, 3.8) is 0 Å². The molecule has 142 valence electrons. The Bertz CT molecular complexity index is 833. The summed E-state index contributed by atoms with van der Waals surface area (Å²) in [5, 5.41) is 2.90. The number of rotatable bonds is 6. The Morgan fingerprint density at radius 3 is 2.48 bits per heavy atom. The minimum Gasteiger partial charge on any atom is -0.493 e. The van der Waals surface area contributed by atoms with Gasteiger partial charge in [-0.05, 0) is 36.8 Å². The number of nitrogens with one attached hydrogen (secondary N) is 1. The number of carbonyl (C=O) groups is 2.